The second-order valence-electron chi connectivity index (χ2n) is 4.43. The summed E-state index contributed by atoms with van der Waals surface area (Å²) in [4.78, 5) is 11.1. The molecule has 0 aromatic carbocycles. The number of carbonyl (C=O) groups excluding carboxylic acids is 1. The molecule has 0 spiro atoms. The maximum atomic E-state index is 11.1. The fraction of sp³-hybridized carbons (Fsp3) is 0.929. The van der Waals surface area contributed by atoms with Gasteiger partial charge in [0.15, 0.2) is 12.6 Å². The van der Waals surface area contributed by atoms with Gasteiger partial charge in [-0.1, -0.05) is 0 Å². The first-order chi connectivity index (χ1) is 10.5. The lowest BCUT2D eigenvalue weighted by Crippen LogP contribution is -2.38. The van der Waals surface area contributed by atoms with Crippen LogP contribution in [0.4, 0.5) is 0 Å². The van der Waals surface area contributed by atoms with Crippen LogP contribution in [0.15, 0.2) is 0 Å². The second-order valence-corrected chi connectivity index (χ2v) is 4.70. The lowest BCUT2D eigenvalue weighted by atomic mass is 10.5. The van der Waals surface area contributed by atoms with Crippen LogP contribution in [0.2, 0.25) is 0 Å². The van der Waals surface area contributed by atoms with Crippen LogP contribution < -0.4 is 5.32 Å². The van der Waals surface area contributed by atoms with E-state index in [1.54, 1.807) is 20.8 Å². The van der Waals surface area contributed by atoms with Gasteiger partial charge in [-0.25, -0.2) is 0 Å². The van der Waals surface area contributed by atoms with Gasteiger partial charge in [0.2, 0.25) is 5.91 Å². The number of halogens is 1. The van der Waals surface area contributed by atoms with E-state index in [4.69, 9.17) is 35.3 Å². The first-order valence-electron chi connectivity index (χ1n) is 7.42. The van der Waals surface area contributed by atoms with E-state index in [1.165, 1.54) is 0 Å². The van der Waals surface area contributed by atoms with Crippen molar-refractivity contribution in [3.05, 3.63) is 0 Å². The molecule has 3 atom stereocenters. The summed E-state index contributed by atoms with van der Waals surface area (Å²) in [5.41, 5.74) is 0. The lowest BCUT2D eigenvalue weighted by molar-refractivity contribution is -0.247. The van der Waals surface area contributed by atoms with E-state index in [-0.39, 0.29) is 11.8 Å². The zero-order valence-electron chi connectivity index (χ0n) is 13.8. The van der Waals surface area contributed by atoms with Gasteiger partial charge in [0.05, 0.1) is 26.4 Å². The number of alkyl halides is 1. The predicted molar refractivity (Wildman–Crippen MR) is 82.7 cm³/mol. The topological polar surface area (TPSA) is 75.2 Å². The SMILES string of the molecule is CCOCCOCCOC(C)OC(C)OC(C)NC(=O)CCl. The zero-order chi connectivity index (χ0) is 16.8. The van der Waals surface area contributed by atoms with Crippen molar-refractivity contribution < 1.29 is 28.5 Å². The van der Waals surface area contributed by atoms with Crippen LogP contribution in [-0.2, 0) is 28.5 Å². The molecule has 0 heterocycles. The third-order valence-corrected chi connectivity index (χ3v) is 2.66. The summed E-state index contributed by atoms with van der Waals surface area (Å²) in [5, 5.41) is 2.56. The van der Waals surface area contributed by atoms with Gasteiger partial charge in [-0.05, 0) is 27.7 Å². The molecule has 22 heavy (non-hydrogen) atoms. The summed E-state index contributed by atoms with van der Waals surface area (Å²) in [7, 11) is 0. The molecule has 0 radical (unpaired) electrons. The molecule has 0 aromatic rings. The fourth-order valence-corrected chi connectivity index (χ4v) is 1.64. The molecule has 0 aliphatic carbocycles. The van der Waals surface area contributed by atoms with E-state index in [9.17, 15) is 4.79 Å². The predicted octanol–water partition coefficient (Wildman–Crippen LogP) is 1.48. The Hall–Kier alpha value is -0.440. The van der Waals surface area contributed by atoms with E-state index in [0.717, 1.165) is 0 Å². The molecule has 1 amide bonds. The van der Waals surface area contributed by atoms with E-state index < -0.39 is 18.8 Å². The number of amides is 1. The summed E-state index contributed by atoms with van der Waals surface area (Å²) in [5.74, 6) is -0.402. The highest BCUT2D eigenvalue weighted by Crippen LogP contribution is 2.03. The minimum absolute atomic E-state index is 0.105. The molecule has 0 aliphatic rings. The van der Waals surface area contributed by atoms with Crippen molar-refractivity contribution in [1.29, 1.82) is 0 Å². The molecule has 0 saturated carbocycles. The van der Waals surface area contributed by atoms with Gasteiger partial charge in [-0.2, -0.15) is 0 Å². The number of rotatable bonds is 14. The van der Waals surface area contributed by atoms with Gasteiger partial charge in [0.1, 0.15) is 12.1 Å². The highest BCUT2D eigenvalue weighted by atomic mass is 35.5. The Morgan fingerprint density at radius 3 is 2.27 bits per heavy atom. The standard InChI is InChI=1S/C14H28ClNO6/c1-5-18-6-7-19-8-9-20-12(3)22-13(4)21-11(2)16-14(17)10-15/h11-13H,5-10H2,1-4H3,(H,16,17). The van der Waals surface area contributed by atoms with Gasteiger partial charge in [0.25, 0.3) is 0 Å². The minimum Gasteiger partial charge on any atom is -0.379 e. The van der Waals surface area contributed by atoms with Gasteiger partial charge in [0, 0.05) is 6.61 Å². The summed E-state index contributed by atoms with van der Waals surface area (Å²) in [6, 6.07) is 0. The molecule has 0 aromatic heterocycles. The van der Waals surface area contributed by atoms with Crippen molar-refractivity contribution >= 4 is 17.5 Å². The Balaban J connectivity index is 3.60. The monoisotopic (exact) mass is 341 g/mol. The Bertz CT molecular complexity index is 282. The third kappa shape index (κ3) is 13.2. The van der Waals surface area contributed by atoms with Crippen LogP contribution in [0.1, 0.15) is 27.7 Å². The highest BCUT2D eigenvalue weighted by molar-refractivity contribution is 6.27. The fourth-order valence-electron chi connectivity index (χ4n) is 1.57. The van der Waals surface area contributed by atoms with Crippen molar-refractivity contribution in [2.75, 3.05) is 38.9 Å². The number of ether oxygens (including phenoxy) is 5. The zero-order valence-corrected chi connectivity index (χ0v) is 14.6. The van der Waals surface area contributed by atoms with Crippen LogP contribution in [-0.4, -0.2) is 63.6 Å². The van der Waals surface area contributed by atoms with Crippen LogP contribution in [0, 0.1) is 0 Å². The smallest absolute Gasteiger partial charge is 0.236 e. The summed E-state index contributed by atoms with van der Waals surface area (Å²) < 4.78 is 26.8. The van der Waals surface area contributed by atoms with Gasteiger partial charge >= 0.3 is 0 Å². The lowest BCUT2D eigenvalue weighted by Gasteiger charge is -2.23. The molecule has 0 bridgehead atoms. The van der Waals surface area contributed by atoms with Crippen LogP contribution in [0.3, 0.4) is 0 Å². The largest absolute Gasteiger partial charge is 0.379 e. The molecule has 132 valence electrons. The van der Waals surface area contributed by atoms with E-state index in [0.29, 0.717) is 33.0 Å². The maximum absolute atomic E-state index is 11.1. The van der Waals surface area contributed by atoms with Crippen molar-refractivity contribution in [2.24, 2.45) is 0 Å². The summed E-state index contributed by atoms with van der Waals surface area (Å²) in [6.07, 6.45) is -1.46. The normalized spacial score (nSPS) is 15.3. The average Bonchev–Trinajstić information content (AvgIpc) is 2.45. The quantitative estimate of drug-likeness (QED) is 0.293. The number of carbonyl (C=O) groups is 1. The minimum atomic E-state index is -0.528. The number of hydrogen-bond donors (Lipinski definition) is 1. The molecule has 0 rings (SSSR count). The summed E-state index contributed by atoms with van der Waals surface area (Å²) in [6.45, 7) is 9.82. The Morgan fingerprint density at radius 1 is 1.00 bits per heavy atom. The first kappa shape index (κ1) is 21.6. The number of nitrogens with one attached hydrogen (secondary N) is 1. The molecule has 0 aliphatic heterocycles. The molecular formula is C14H28ClNO6. The second kappa shape index (κ2) is 14.2. The van der Waals surface area contributed by atoms with Crippen LogP contribution in [0.5, 0.6) is 0 Å². The molecule has 8 heteroatoms. The average molecular weight is 342 g/mol. The van der Waals surface area contributed by atoms with Crippen molar-refractivity contribution in [2.45, 2.75) is 46.5 Å². The van der Waals surface area contributed by atoms with Crippen LogP contribution >= 0.6 is 11.6 Å². The Labute approximate surface area is 137 Å². The molecule has 3 unspecified atom stereocenters. The van der Waals surface area contributed by atoms with E-state index >= 15 is 0 Å². The van der Waals surface area contributed by atoms with Gasteiger partial charge < -0.3 is 29.0 Å². The van der Waals surface area contributed by atoms with E-state index in [2.05, 4.69) is 5.32 Å². The van der Waals surface area contributed by atoms with E-state index in [1.807, 2.05) is 6.92 Å². The third-order valence-electron chi connectivity index (χ3n) is 2.42. The molecular weight excluding hydrogens is 314 g/mol. The molecule has 7 nitrogen and oxygen atoms in total. The first-order valence-corrected chi connectivity index (χ1v) is 7.96. The Morgan fingerprint density at radius 2 is 1.64 bits per heavy atom. The van der Waals surface area contributed by atoms with Crippen LogP contribution in [0.25, 0.3) is 0 Å². The number of hydrogen-bond acceptors (Lipinski definition) is 6. The summed E-state index contributed by atoms with van der Waals surface area (Å²) >= 11 is 5.39. The van der Waals surface area contributed by atoms with Crippen molar-refractivity contribution in [3.63, 3.8) is 0 Å². The Kier molecular flexibility index (Phi) is 13.9. The van der Waals surface area contributed by atoms with Crippen molar-refractivity contribution in [1.82, 2.24) is 5.32 Å². The van der Waals surface area contributed by atoms with Gasteiger partial charge in [-0.15, -0.1) is 11.6 Å². The van der Waals surface area contributed by atoms with Gasteiger partial charge in [-0.3, -0.25) is 4.79 Å². The highest BCUT2D eigenvalue weighted by Gasteiger charge is 2.14. The van der Waals surface area contributed by atoms with Crippen molar-refractivity contribution in [3.8, 4) is 0 Å². The molecule has 1 N–H and O–H groups in total. The maximum Gasteiger partial charge on any atom is 0.236 e. The molecule has 0 saturated heterocycles. The molecule has 0 fully saturated rings.